The summed E-state index contributed by atoms with van der Waals surface area (Å²) in [7, 11) is 3.12. The van der Waals surface area contributed by atoms with E-state index in [0.29, 0.717) is 10.9 Å². The molecule has 0 spiro atoms. The second-order valence-electron chi connectivity index (χ2n) is 6.26. The van der Waals surface area contributed by atoms with Gasteiger partial charge in [-0.1, -0.05) is 48.5 Å². The average molecular weight is 373 g/mol. The molecule has 4 nitrogen and oxygen atoms in total. The van der Waals surface area contributed by atoms with Crippen molar-refractivity contribution < 1.29 is 18.0 Å². The first-order valence-electron chi connectivity index (χ1n) is 8.28. The highest BCUT2D eigenvalue weighted by molar-refractivity contribution is 6.14. The van der Waals surface area contributed by atoms with E-state index in [9.17, 15) is 18.0 Å². The third-order valence-electron chi connectivity index (χ3n) is 4.09. The van der Waals surface area contributed by atoms with Crippen LogP contribution in [0.4, 0.5) is 24.7 Å². The number of benzene rings is 2. The van der Waals surface area contributed by atoms with Crippen LogP contribution >= 0.6 is 0 Å². The summed E-state index contributed by atoms with van der Waals surface area (Å²) in [6.45, 7) is 0.278. The van der Waals surface area contributed by atoms with Crippen LogP contribution in [0.15, 0.2) is 54.6 Å². The molecule has 0 saturated heterocycles. The number of hydrogen-bond donors (Lipinski definition) is 1. The molecular formula is C20H18F3N3O. The fourth-order valence-electron chi connectivity index (χ4n) is 2.85. The molecule has 0 aliphatic rings. The van der Waals surface area contributed by atoms with Crippen LogP contribution in [-0.4, -0.2) is 31.0 Å². The summed E-state index contributed by atoms with van der Waals surface area (Å²) < 4.78 is 39.9. The van der Waals surface area contributed by atoms with Gasteiger partial charge in [0.25, 0.3) is 5.78 Å². The van der Waals surface area contributed by atoms with E-state index < -0.39 is 17.5 Å². The predicted molar refractivity (Wildman–Crippen MR) is 100 cm³/mol. The van der Waals surface area contributed by atoms with Crippen molar-refractivity contribution in [3.63, 3.8) is 0 Å². The lowest BCUT2D eigenvalue weighted by Gasteiger charge is -2.22. The highest BCUT2D eigenvalue weighted by Crippen LogP contribution is 2.37. The molecule has 2 aromatic carbocycles. The van der Waals surface area contributed by atoms with Gasteiger partial charge < -0.3 is 10.2 Å². The number of rotatable bonds is 5. The molecule has 0 unspecified atom stereocenters. The highest BCUT2D eigenvalue weighted by Gasteiger charge is 2.43. The van der Waals surface area contributed by atoms with Gasteiger partial charge in [-0.3, -0.25) is 4.79 Å². The number of para-hydroxylation sites is 1. The zero-order valence-corrected chi connectivity index (χ0v) is 14.8. The zero-order chi connectivity index (χ0) is 19.6. The number of Topliss-reactive ketones (excluding diaryl/α,β-unsaturated/α-hetero) is 1. The van der Waals surface area contributed by atoms with Crippen molar-refractivity contribution in [2.24, 2.45) is 0 Å². The molecule has 7 heteroatoms. The number of halogens is 3. The van der Waals surface area contributed by atoms with Crippen molar-refractivity contribution in [1.82, 2.24) is 4.98 Å². The molecule has 0 amide bonds. The quantitative estimate of drug-likeness (QED) is 0.661. The van der Waals surface area contributed by atoms with Gasteiger partial charge in [-0.2, -0.15) is 13.2 Å². The van der Waals surface area contributed by atoms with Crippen LogP contribution in [0.5, 0.6) is 0 Å². The van der Waals surface area contributed by atoms with Gasteiger partial charge in [0, 0.05) is 26.0 Å². The fraction of sp³-hybridized carbons (Fsp3) is 0.200. The number of ketones is 1. The predicted octanol–water partition coefficient (Wildman–Crippen LogP) is 4.66. The first kappa shape index (κ1) is 18.7. The molecule has 1 heterocycles. The Morgan fingerprint density at radius 3 is 2.30 bits per heavy atom. The minimum atomic E-state index is -5.00. The fourth-order valence-corrected chi connectivity index (χ4v) is 2.85. The van der Waals surface area contributed by atoms with Gasteiger partial charge in [0.05, 0.1) is 16.8 Å². The smallest absolute Gasteiger partial charge is 0.380 e. The number of fused-ring (bicyclic) bond motifs is 1. The Morgan fingerprint density at radius 1 is 1.04 bits per heavy atom. The molecule has 3 aromatic rings. The van der Waals surface area contributed by atoms with Gasteiger partial charge in [-0.25, -0.2) is 4.98 Å². The molecule has 140 valence electrons. The molecule has 27 heavy (non-hydrogen) atoms. The van der Waals surface area contributed by atoms with Gasteiger partial charge in [0.15, 0.2) is 0 Å². The van der Waals surface area contributed by atoms with Crippen LogP contribution in [0.3, 0.4) is 0 Å². The number of alkyl halides is 3. The van der Waals surface area contributed by atoms with Crippen LogP contribution < -0.4 is 10.2 Å². The second-order valence-corrected chi connectivity index (χ2v) is 6.26. The summed E-state index contributed by atoms with van der Waals surface area (Å²) in [5.74, 6) is -1.94. The van der Waals surface area contributed by atoms with E-state index in [0.717, 1.165) is 5.56 Å². The second kappa shape index (κ2) is 7.26. The van der Waals surface area contributed by atoms with E-state index in [4.69, 9.17) is 0 Å². The number of nitrogens with one attached hydrogen (secondary N) is 1. The third-order valence-corrected chi connectivity index (χ3v) is 4.09. The Bertz CT molecular complexity index is 969. The van der Waals surface area contributed by atoms with Crippen molar-refractivity contribution in [1.29, 1.82) is 0 Å². The summed E-state index contributed by atoms with van der Waals surface area (Å²) in [4.78, 5) is 17.9. The van der Waals surface area contributed by atoms with E-state index in [1.54, 1.807) is 38.4 Å². The van der Waals surface area contributed by atoms with Gasteiger partial charge in [0.2, 0.25) is 0 Å². The molecule has 0 aliphatic carbocycles. The number of carbonyl (C=O) groups is 1. The number of carbonyl (C=O) groups excluding carboxylic acids is 1. The number of hydrogen-bond acceptors (Lipinski definition) is 4. The monoisotopic (exact) mass is 373 g/mol. The van der Waals surface area contributed by atoms with E-state index in [1.807, 2.05) is 30.3 Å². The first-order valence-corrected chi connectivity index (χ1v) is 8.28. The van der Waals surface area contributed by atoms with Gasteiger partial charge in [-0.15, -0.1) is 0 Å². The minimum Gasteiger partial charge on any atom is -0.380 e. The maximum absolute atomic E-state index is 13.3. The molecule has 0 bridgehead atoms. The van der Waals surface area contributed by atoms with Crippen molar-refractivity contribution in [3.05, 3.63) is 65.7 Å². The standard InChI is InChI=1S/C20H18F3N3O/c1-26(2)19-16(18(27)20(21,22)23)17(14-10-6-7-11-15(14)25-19)24-12-13-8-4-3-5-9-13/h3-11H,12H2,1-2H3,(H,24,25). The Balaban J connectivity index is 2.21. The third kappa shape index (κ3) is 3.86. The first-order chi connectivity index (χ1) is 12.8. The maximum atomic E-state index is 13.3. The molecule has 0 atom stereocenters. The lowest BCUT2D eigenvalue weighted by molar-refractivity contribution is -0.0884. The van der Waals surface area contributed by atoms with E-state index >= 15 is 0 Å². The van der Waals surface area contributed by atoms with Crippen molar-refractivity contribution in [2.75, 3.05) is 24.3 Å². The van der Waals surface area contributed by atoms with E-state index in [2.05, 4.69) is 10.3 Å². The van der Waals surface area contributed by atoms with Crippen LogP contribution in [0.25, 0.3) is 10.9 Å². The Labute approximate surface area is 154 Å². The van der Waals surface area contributed by atoms with Crippen molar-refractivity contribution in [2.45, 2.75) is 12.7 Å². The summed E-state index contributed by atoms with van der Waals surface area (Å²) in [6, 6.07) is 16.1. The van der Waals surface area contributed by atoms with Crippen molar-refractivity contribution >= 4 is 28.2 Å². The average Bonchev–Trinajstić information content (AvgIpc) is 2.64. The van der Waals surface area contributed by atoms with Crippen LogP contribution in [0, 0.1) is 0 Å². The van der Waals surface area contributed by atoms with E-state index in [1.165, 1.54) is 4.90 Å². The normalized spacial score (nSPS) is 11.4. The van der Waals surface area contributed by atoms with Gasteiger partial charge >= 0.3 is 6.18 Å². The Hall–Kier alpha value is -3.09. The summed E-state index contributed by atoms with van der Waals surface area (Å²) in [5, 5.41) is 3.50. The molecule has 1 aromatic heterocycles. The van der Waals surface area contributed by atoms with Crippen LogP contribution in [0.2, 0.25) is 0 Å². The number of aromatic nitrogens is 1. The Kier molecular flexibility index (Phi) is 5.03. The lowest BCUT2D eigenvalue weighted by atomic mass is 10.0. The zero-order valence-electron chi connectivity index (χ0n) is 14.8. The SMILES string of the molecule is CN(C)c1nc2ccccc2c(NCc2ccccc2)c1C(=O)C(F)(F)F. The summed E-state index contributed by atoms with van der Waals surface area (Å²) in [5.41, 5.74) is 1.06. The minimum absolute atomic E-state index is 0.0217. The molecule has 0 aliphatic heterocycles. The molecule has 1 N–H and O–H groups in total. The molecule has 0 fully saturated rings. The number of anilines is 2. The summed E-state index contributed by atoms with van der Waals surface area (Å²) in [6.07, 6.45) is -5.00. The van der Waals surface area contributed by atoms with Crippen LogP contribution in [-0.2, 0) is 6.54 Å². The summed E-state index contributed by atoms with van der Waals surface area (Å²) >= 11 is 0. The van der Waals surface area contributed by atoms with Gasteiger partial charge in [-0.05, 0) is 11.6 Å². The van der Waals surface area contributed by atoms with Crippen LogP contribution in [0.1, 0.15) is 15.9 Å². The van der Waals surface area contributed by atoms with Gasteiger partial charge in [0.1, 0.15) is 5.82 Å². The molecule has 0 saturated carbocycles. The number of pyridine rings is 1. The maximum Gasteiger partial charge on any atom is 0.455 e. The topological polar surface area (TPSA) is 45.2 Å². The van der Waals surface area contributed by atoms with E-state index in [-0.39, 0.29) is 18.1 Å². The molecule has 3 rings (SSSR count). The molecular weight excluding hydrogens is 355 g/mol. The largest absolute Gasteiger partial charge is 0.455 e. The highest BCUT2D eigenvalue weighted by atomic mass is 19.4. The lowest BCUT2D eigenvalue weighted by Crippen LogP contribution is -2.27. The Morgan fingerprint density at radius 2 is 1.67 bits per heavy atom. The number of nitrogens with zero attached hydrogens (tertiary/aromatic N) is 2. The van der Waals surface area contributed by atoms with Crippen molar-refractivity contribution in [3.8, 4) is 0 Å². The molecule has 0 radical (unpaired) electrons.